The molecule has 188 valence electrons. The van der Waals surface area contributed by atoms with Gasteiger partial charge in [-0.1, -0.05) is 11.6 Å². The molecular weight excluding hydrogens is 496 g/mol. The monoisotopic (exact) mass is 524 g/mol. The van der Waals surface area contributed by atoms with Gasteiger partial charge in [-0.2, -0.15) is 11.3 Å². The van der Waals surface area contributed by atoms with E-state index in [1.165, 1.54) is 5.56 Å². The van der Waals surface area contributed by atoms with E-state index >= 15 is 0 Å². The Morgan fingerprint density at radius 1 is 1.31 bits per heavy atom. The molecule has 36 heavy (non-hydrogen) atoms. The molecule has 0 atom stereocenters. The van der Waals surface area contributed by atoms with Crippen LogP contribution in [0.1, 0.15) is 24.0 Å². The van der Waals surface area contributed by atoms with Crippen molar-refractivity contribution in [1.82, 2.24) is 25.2 Å². The number of thiophene rings is 1. The lowest BCUT2D eigenvalue weighted by molar-refractivity contribution is -0.122. The molecule has 4 heterocycles. The van der Waals surface area contributed by atoms with Gasteiger partial charge in [0.15, 0.2) is 12.3 Å². The number of aromatic nitrogens is 3. The van der Waals surface area contributed by atoms with Crippen LogP contribution in [0.25, 0.3) is 22.6 Å². The molecule has 8 nitrogen and oxygen atoms in total. The van der Waals surface area contributed by atoms with Crippen molar-refractivity contribution >= 4 is 45.7 Å². The fourth-order valence-electron chi connectivity index (χ4n) is 4.50. The van der Waals surface area contributed by atoms with Gasteiger partial charge in [0, 0.05) is 38.3 Å². The summed E-state index contributed by atoms with van der Waals surface area (Å²) in [5, 5.41) is 11.1. The van der Waals surface area contributed by atoms with Gasteiger partial charge in [0.05, 0.1) is 16.9 Å². The second-order valence-electron chi connectivity index (χ2n) is 9.03. The lowest BCUT2D eigenvalue weighted by Crippen LogP contribution is -2.38. The number of imidazole rings is 1. The predicted octanol–water partition coefficient (Wildman–Crippen LogP) is 4.85. The second kappa shape index (κ2) is 10.9. The first-order chi connectivity index (χ1) is 17.5. The highest BCUT2D eigenvalue weighted by Crippen LogP contribution is 2.33. The van der Waals surface area contributed by atoms with Crippen molar-refractivity contribution in [2.75, 3.05) is 32.1 Å². The van der Waals surface area contributed by atoms with Crippen LogP contribution in [0.3, 0.4) is 0 Å². The van der Waals surface area contributed by atoms with Crippen molar-refractivity contribution < 1.29 is 9.53 Å². The highest BCUT2D eigenvalue weighted by Gasteiger charge is 2.22. The number of hydrogen-bond acceptors (Lipinski definition) is 7. The van der Waals surface area contributed by atoms with Gasteiger partial charge in [0.2, 0.25) is 0 Å². The smallest absolute Gasteiger partial charge is 0.257 e. The third-order valence-electron chi connectivity index (χ3n) is 6.50. The Balaban J connectivity index is 1.30. The van der Waals surface area contributed by atoms with Crippen molar-refractivity contribution in [2.24, 2.45) is 0 Å². The summed E-state index contributed by atoms with van der Waals surface area (Å²) in [7, 11) is 1.58. The molecule has 0 radical (unpaired) electrons. The maximum absolute atomic E-state index is 11.5. The minimum Gasteiger partial charge on any atom is -0.484 e. The molecule has 4 aromatic rings. The molecule has 10 heteroatoms. The van der Waals surface area contributed by atoms with E-state index < -0.39 is 0 Å². The Bertz CT molecular complexity index is 1350. The molecule has 3 aromatic heterocycles. The van der Waals surface area contributed by atoms with E-state index in [9.17, 15) is 4.79 Å². The number of piperidine rings is 1. The number of anilines is 1. The van der Waals surface area contributed by atoms with Gasteiger partial charge in [-0.15, -0.1) is 0 Å². The van der Waals surface area contributed by atoms with Gasteiger partial charge in [-0.3, -0.25) is 9.69 Å². The van der Waals surface area contributed by atoms with E-state index in [1.807, 2.05) is 25.1 Å². The van der Waals surface area contributed by atoms with Crippen LogP contribution in [0.2, 0.25) is 5.02 Å². The Kier molecular flexibility index (Phi) is 7.41. The number of likely N-dealkylation sites (tertiary alicyclic amines) is 1. The third kappa shape index (κ3) is 5.48. The highest BCUT2D eigenvalue weighted by atomic mass is 35.5. The van der Waals surface area contributed by atoms with Crippen molar-refractivity contribution in [3.8, 4) is 17.1 Å². The van der Waals surface area contributed by atoms with Gasteiger partial charge in [0.1, 0.15) is 17.1 Å². The topological polar surface area (TPSA) is 95.2 Å². The largest absolute Gasteiger partial charge is 0.484 e. The first kappa shape index (κ1) is 24.5. The molecule has 1 aliphatic heterocycles. The van der Waals surface area contributed by atoms with Crippen LogP contribution in [0.5, 0.6) is 5.75 Å². The van der Waals surface area contributed by atoms with E-state index in [2.05, 4.69) is 42.3 Å². The van der Waals surface area contributed by atoms with Gasteiger partial charge in [-0.25, -0.2) is 9.97 Å². The van der Waals surface area contributed by atoms with Gasteiger partial charge in [-0.05, 0) is 65.9 Å². The summed E-state index contributed by atoms with van der Waals surface area (Å²) in [4.78, 5) is 26.6. The molecule has 0 unspecified atom stereocenters. The van der Waals surface area contributed by atoms with Crippen LogP contribution in [-0.4, -0.2) is 58.5 Å². The molecule has 1 aliphatic rings. The minimum absolute atomic E-state index is 0.0235. The number of H-pyrrole nitrogens is 1. The van der Waals surface area contributed by atoms with Gasteiger partial charge >= 0.3 is 0 Å². The average Bonchev–Trinajstić information content (AvgIpc) is 3.55. The summed E-state index contributed by atoms with van der Waals surface area (Å²) in [5.41, 5.74) is 5.56. The number of fused-ring (bicyclic) bond motifs is 1. The first-order valence-corrected chi connectivity index (χ1v) is 13.3. The molecule has 0 saturated carbocycles. The van der Waals surface area contributed by atoms with Gasteiger partial charge < -0.3 is 20.4 Å². The predicted molar refractivity (Wildman–Crippen MR) is 145 cm³/mol. The zero-order valence-electron chi connectivity index (χ0n) is 20.3. The number of nitrogens with one attached hydrogen (secondary N) is 3. The quantitative estimate of drug-likeness (QED) is 0.305. The first-order valence-electron chi connectivity index (χ1n) is 12.0. The van der Waals surface area contributed by atoms with E-state index in [1.54, 1.807) is 24.6 Å². The molecule has 0 spiro atoms. The number of pyridine rings is 1. The highest BCUT2D eigenvalue weighted by molar-refractivity contribution is 7.07. The Labute approximate surface area is 219 Å². The molecular formula is C26H29ClN6O2S. The number of amides is 1. The molecule has 1 amide bonds. The Hall–Kier alpha value is -3.14. The number of benzene rings is 1. The summed E-state index contributed by atoms with van der Waals surface area (Å²) in [6.07, 6.45) is 3.74. The average molecular weight is 525 g/mol. The van der Waals surface area contributed by atoms with Gasteiger partial charge in [0.25, 0.3) is 5.91 Å². The van der Waals surface area contributed by atoms with Crippen LogP contribution in [0.4, 0.5) is 5.69 Å². The van der Waals surface area contributed by atoms with Crippen molar-refractivity contribution in [3.63, 3.8) is 0 Å². The zero-order valence-corrected chi connectivity index (χ0v) is 21.9. The number of likely N-dealkylation sites (N-methyl/N-ethyl adjacent to an activating group) is 1. The summed E-state index contributed by atoms with van der Waals surface area (Å²) in [6, 6.07) is 8.20. The molecule has 1 saturated heterocycles. The number of nitrogens with zero attached hydrogens (tertiary/aromatic N) is 3. The summed E-state index contributed by atoms with van der Waals surface area (Å²) in [6.45, 7) is 5.06. The van der Waals surface area contributed by atoms with Crippen molar-refractivity contribution in [3.05, 3.63) is 57.4 Å². The van der Waals surface area contributed by atoms with E-state index in [0.717, 1.165) is 54.8 Å². The molecule has 1 fully saturated rings. The van der Waals surface area contributed by atoms with Crippen molar-refractivity contribution in [2.45, 2.75) is 32.4 Å². The number of hydrogen-bond donors (Lipinski definition) is 3. The number of aromatic amines is 1. The summed E-state index contributed by atoms with van der Waals surface area (Å²) in [5.74, 6) is 1.17. The number of rotatable bonds is 8. The number of halogens is 1. The molecule has 0 aliphatic carbocycles. The number of carbonyl (C=O) groups is 1. The Morgan fingerprint density at radius 3 is 2.86 bits per heavy atom. The molecule has 5 rings (SSSR count). The number of carbonyl (C=O) groups excluding carboxylic acids is 1. The fourth-order valence-corrected chi connectivity index (χ4v) is 5.35. The van der Waals surface area contributed by atoms with E-state index in [4.69, 9.17) is 21.3 Å². The fraction of sp³-hybridized carbons (Fsp3) is 0.346. The standard InChI is InChI=1S/C26H29ClN6O2S/c1-16-11-19(35-14-22(34)28-2)3-4-20(16)25-31-24-23(21(27)12-29-26(24)32-25)30-18-5-8-33(9-6-18)13-17-7-10-36-15-17/h3-4,7,10-12,15,18H,5-6,8-9,13-14H2,1-2H3,(H,28,34)(H2,29,30,31,32). The van der Waals surface area contributed by atoms with Crippen LogP contribution in [0, 0.1) is 6.92 Å². The van der Waals surface area contributed by atoms with Crippen LogP contribution < -0.4 is 15.4 Å². The maximum Gasteiger partial charge on any atom is 0.257 e. The van der Waals surface area contributed by atoms with Crippen LogP contribution in [-0.2, 0) is 11.3 Å². The summed E-state index contributed by atoms with van der Waals surface area (Å²) >= 11 is 8.34. The third-order valence-corrected chi connectivity index (χ3v) is 7.52. The van der Waals surface area contributed by atoms with Crippen LogP contribution in [0.15, 0.2) is 41.2 Å². The van der Waals surface area contributed by atoms with E-state index in [-0.39, 0.29) is 12.5 Å². The molecule has 1 aromatic carbocycles. The lowest BCUT2D eigenvalue weighted by atomic mass is 10.0. The second-order valence-corrected chi connectivity index (χ2v) is 10.2. The Morgan fingerprint density at radius 2 is 2.14 bits per heavy atom. The van der Waals surface area contributed by atoms with Crippen molar-refractivity contribution in [1.29, 1.82) is 0 Å². The summed E-state index contributed by atoms with van der Waals surface area (Å²) < 4.78 is 5.56. The normalized spacial score (nSPS) is 14.8. The molecule has 3 N–H and O–H groups in total. The number of aryl methyl sites for hydroxylation is 1. The molecule has 0 bridgehead atoms. The maximum atomic E-state index is 11.5. The minimum atomic E-state index is -0.176. The van der Waals surface area contributed by atoms with E-state index in [0.29, 0.717) is 28.3 Å². The SMILES string of the molecule is CNC(=O)COc1ccc(-c2nc3ncc(Cl)c(NC4CCN(Cc5ccsc5)CC4)c3[nH]2)c(C)c1. The number of ether oxygens (including phenoxy) is 1. The lowest BCUT2D eigenvalue weighted by Gasteiger charge is -2.32. The zero-order chi connectivity index (χ0) is 25.1. The van der Waals surface area contributed by atoms with Crippen LogP contribution >= 0.6 is 22.9 Å².